The number of benzene rings is 1. The third-order valence-corrected chi connectivity index (χ3v) is 6.14. The average Bonchev–Trinajstić information content (AvgIpc) is 3.32. The Hall–Kier alpha value is -2.02. The number of piperazine rings is 1. The zero-order chi connectivity index (χ0) is 19.0. The van der Waals surface area contributed by atoms with Gasteiger partial charge in [0.25, 0.3) is 0 Å². The van der Waals surface area contributed by atoms with E-state index >= 15 is 0 Å². The lowest BCUT2D eigenvalue weighted by Gasteiger charge is -2.38. The van der Waals surface area contributed by atoms with Crippen LogP contribution in [0.5, 0.6) is 0 Å². The molecule has 0 spiro atoms. The SMILES string of the molecule is O=C(C1CC(=O)N(c2ccc(F)cc2F)C1)N1CCN(C2CCCC2)CC1. The summed E-state index contributed by atoms with van der Waals surface area (Å²) < 4.78 is 27.1. The van der Waals surface area contributed by atoms with Crippen LogP contribution in [0.2, 0.25) is 0 Å². The van der Waals surface area contributed by atoms with E-state index in [1.54, 1.807) is 0 Å². The molecule has 1 aliphatic carbocycles. The molecule has 2 heterocycles. The van der Waals surface area contributed by atoms with Crippen molar-refractivity contribution in [3.63, 3.8) is 0 Å². The number of halogens is 2. The number of hydrogen-bond acceptors (Lipinski definition) is 3. The first-order chi connectivity index (χ1) is 13.0. The Labute approximate surface area is 157 Å². The maximum Gasteiger partial charge on any atom is 0.228 e. The van der Waals surface area contributed by atoms with Gasteiger partial charge in [0.2, 0.25) is 11.8 Å². The monoisotopic (exact) mass is 377 g/mol. The summed E-state index contributed by atoms with van der Waals surface area (Å²) in [7, 11) is 0. The van der Waals surface area contributed by atoms with Gasteiger partial charge in [-0.3, -0.25) is 14.5 Å². The highest BCUT2D eigenvalue weighted by Gasteiger charge is 2.39. The summed E-state index contributed by atoms with van der Waals surface area (Å²) in [6.07, 6.45) is 5.18. The number of carbonyl (C=O) groups excluding carboxylic acids is 2. The van der Waals surface area contributed by atoms with Crippen LogP contribution in [-0.4, -0.2) is 60.4 Å². The van der Waals surface area contributed by atoms with Crippen molar-refractivity contribution >= 4 is 17.5 Å². The molecule has 1 unspecified atom stereocenters. The Kier molecular flexibility index (Phi) is 5.12. The zero-order valence-electron chi connectivity index (χ0n) is 15.4. The summed E-state index contributed by atoms with van der Waals surface area (Å²) in [5, 5.41) is 0. The molecule has 1 atom stereocenters. The van der Waals surface area contributed by atoms with Gasteiger partial charge in [-0.2, -0.15) is 0 Å². The predicted octanol–water partition coefficient (Wildman–Crippen LogP) is 2.40. The van der Waals surface area contributed by atoms with Gasteiger partial charge in [0.15, 0.2) is 0 Å². The van der Waals surface area contributed by atoms with Crippen molar-refractivity contribution in [1.29, 1.82) is 0 Å². The Morgan fingerprint density at radius 3 is 2.41 bits per heavy atom. The van der Waals surface area contributed by atoms with Gasteiger partial charge >= 0.3 is 0 Å². The van der Waals surface area contributed by atoms with E-state index in [2.05, 4.69) is 4.90 Å². The van der Waals surface area contributed by atoms with E-state index in [4.69, 9.17) is 0 Å². The topological polar surface area (TPSA) is 43.9 Å². The Bertz CT molecular complexity index is 728. The molecule has 7 heteroatoms. The van der Waals surface area contributed by atoms with Crippen LogP contribution in [0.15, 0.2) is 18.2 Å². The Morgan fingerprint density at radius 1 is 1.04 bits per heavy atom. The van der Waals surface area contributed by atoms with Gasteiger partial charge in [0, 0.05) is 51.3 Å². The van der Waals surface area contributed by atoms with Crippen LogP contribution in [-0.2, 0) is 9.59 Å². The van der Waals surface area contributed by atoms with Gasteiger partial charge in [-0.05, 0) is 25.0 Å². The number of amides is 2. The normalized spacial score (nSPS) is 24.8. The van der Waals surface area contributed by atoms with Crippen LogP contribution in [0.1, 0.15) is 32.1 Å². The number of hydrogen-bond donors (Lipinski definition) is 0. The molecular formula is C20H25F2N3O2. The van der Waals surface area contributed by atoms with Crippen LogP contribution in [0, 0.1) is 17.6 Å². The number of rotatable bonds is 3. The fraction of sp³-hybridized carbons (Fsp3) is 0.600. The van der Waals surface area contributed by atoms with Crippen molar-refractivity contribution in [2.24, 2.45) is 5.92 Å². The lowest BCUT2D eigenvalue weighted by atomic mass is 10.1. The molecule has 3 fully saturated rings. The first kappa shape index (κ1) is 18.3. The fourth-order valence-corrected chi connectivity index (χ4v) is 4.64. The molecule has 4 rings (SSSR count). The second-order valence-corrected chi connectivity index (χ2v) is 7.80. The lowest BCUT2D eigenvalue weighted by Crippen LogP contribution is -2.52. The molecule has 1 aromatic carbocycles. The van der Waals surface area contributed by atoms with Crippen LogP contribution >= 0.6 is 0 Å². The molecule has 2 amide bonds. The van der Waals surface area contributed by atoms with Crippen molar-refractivity contribution < 1.29 is 18.4 Å². The molecule has 5 nitrogen and oxygen atoms in total. The van der Waals surface area contributed by atoms with Gasteiger partial charge in [-0.25, -0.2) is 8.78 Å². The first-order valence-electron chi connectivity index (χ1n) is 9.81. The van der Waals surface area contributed by atoms with Crippen LogP contribution < -0.4 is 4.90 Å². The van der Waals surface area contributed by atoms with E-state index in [0.29, 0.717) is 19.1 Å². The van der Waals surface area contributed by atoms with Crippen LogP contribution in [0.3, 0.4) is 0 Å². The minimum Gasteiger partial charge on any atom is -0.340 e. The average molecular weight is 377 g/mol. The number of anilines is 1. The van der Waals surface area contributed by atoms with Gasteiger partial charge in [-0.15, -0.1) is 0 Å². The minimum atomic E-state index is -0.776. The highest BCUT2D eigenvalue weighted by molar-refractivity contribution is 6.00. The summed E-state index contributed by atoms with van der Waals surface area (Å²) in [6, 6.07) is 3.81. The summed E-state index contributed by atoms with van der Waals surface area (Å²) in [4.78, 5) is 30.8. The number of carbonyl (C=O) groups is 2. The smallest absolute Gasteiger partial charge is 0.228 e. The summed E-state index contributed by atoms with van der Waals surface area (Å²) in [5.74, 6) is -2.24. The van der Waals surface area contributed by atoms with E-state index in [1.165, 1.54) is 36.6 Å². The maximum atomic E-state index is 14.0. The fourth-order valence-electron chi connectivity index (χ4n) is 4.64. The second kappa shape index (κ2) is 7.54. The van der Waals surface area contributed by atoms with Crippen molar-refractivity contribution in [1.82, 2.24) is 9.80 Å². The lowest BCUT2D eigenvalue weighted by molar-refractivity contribution is -0.137. The van der Waals surface area contributed by atoms with Crippen molar-refractivity contribution in [3.05, 3.63) is 29.8 Å². The van der Waals surface area contributed by atoms with Gasteiger partial charge in [-0.1, -0.05) is 12.8 Å². The van der Waals surface area contributed by atoms with Gasteiger partial charge in [0.05, 0.1) is 11.6 Å². The Balaban J connectivity index is 1.36. The molecule has 0 aromatic heterocycles. The van der Waals surface area contributed by atoms with Crippen LogP contribution in [0.4, 0.5) is 14.5 Å². The van der Waals surface area contributed by atoms with Gasteiger partial charge < -0.3 is 9.80 Å². The molecule has 0 radical (unpaired) electrons. The van der Waals surface area contributed by atoms with Crippen LogP contribution in [0.25, 0.3) is 0 Å². The summed E-state index contributed by atoms with van der Waals surface area (Å²) in [6.45, 7) is 3.29. The van der Waals surface area contributed by atoms with E-state index in [1.807, 2.05) is 4.90 Å². The standard InChI is InChI=1S/C20H25F2N3O2/c21-15-5-6-18(17(22)12-15)25-13-14(11-19(25)26)20(27)24-9-7-23(8-10-24)16-3-1-2-4-16/h5-6,12,14,16H,1-4,7-11,13H2. The summed E-state index contributed by atoms with van der Waals surface area (Å²) >= 11 is 0. The highest BCUT2D eigenvalue weighted by atomic mass is 19.1. The van der Waals surface area contributed by atoms with E-state index in [-0.39, 0.29) is 30.5 Å². The third-order valence-electron chi connectivity index (χ3n) is 6.14. The molecule has 0 N–H and O–H groups in total. The first-order valence-corrected chi connectivity index (χ1v) is 9.81. The highest BCUT2D eigenvalue weighted by Crippen LogP contribution is 2.30. The molecule has 27 heavy (non-hydrogen) atoms. The second-order valence-electron chi connectivity index (χ2n) is 7.80. The molecule has 1 saturated carbocycles. The summed E-state index contributed by atoms with van der Waals surface area (Å²) in [5.41, 5.74) is 0.0442. The van der Waals surface area contributed by atoms with E-state index in [0.717, 1.165) is 25.2 Å². The minimum absolute atomic E-state index is 0.0283. The Morgan fingerprint density at radius 2 is 1.74 bits per heavy atom. The predicted molar refractivity (Wildman–Crippen MR) is 97.2 cm³/mol. The van der Waals surface area contributed by atoms with Crippen molar-refractivity contribution in [3.8, 4) is 0 Å². The molecule has 0 bridgehead atoms. The molecule has 146 valence electrons. The van der Waals surface area contributed by atoms with E-state index in [9.17, 15) is 18.4 Å². The van der Waals surface area contributed by atoms with Crippen molar-refractivity contribution in [2.75, 3.05) is 37.6 Å². The van der Waals surface area contributed by atoms with Gasteiger partial charge in [0.1, 0.15) is 11.6 Å². The van der Waals surface area contributed by atoms with E-state index < -0.39 is 17.6 Å². The molecular weight excluding hydrogens is 352 g/mol. The maximum absolute atomic E-state index is 14.0. The number of nitrogens with zero attached hydrogens (tertiary/aromatic N) is 3. The third kappa shape index (κ3) is 3.70. The molecule has 2 aliphatic heterocycles. The quantitative estimate of drug-likeness (QED) is 0.813. The molecule has 1 aromatic rings. The molecule has 3 aliphatic rings. The largest absolute Gasteiger partial charge is 0.340 e. The zero-order valence-corrected chi connectivity index (χ0v) is 15.4. The van der Waals surface area contributed by atoms with Crippen molar-refractivity contribution in [2.45, 2.75) is 38.1 Å². The molecule has 2 saturated heterocycles.